The van der Waals surface area contributed by atoms with Crippen LogP contribution in [0.3, 0.4) is 0 Å². The Morgan fingerprint density at radius 2 is 2.04 bits per heavy atom. The molecule has 3 rings (SSSR count). The maximum atomic E-state index is 9.55. The van der Waals surface area contributed by atoms with Gasteiger partial charge in [0.1, 0.15) is 0 Å². The predicted molar refractivity (Wildman–Crippen MR) is 93.5 cm³/mol. The number of hydrogen-bond donors (Lipinski definition) is 1. The molecule has 5 nitrogen and oxygen atoms in total. The summed E-state index contributed by atoms with van der Waals surface area (Å²) in [5.41, 5.74) is 3.09. The van der Waals surface area contributed by atoms with Crippen LogP contribution in [-0.4, -0.2) is 36.9 Å². The maximum Gasteiger partial charge on any atom is 0.454 e. The Morgan fingerprint density at radius 3 is 2.71 bits per heavy atom. The van der Waals surface area contributed by atoms with Crippen LogP contribution in [0.2, 0.25) is 6.32 Å². The van der Waals surface area contributed by atoms with Crippen LogP contribution in [0.1, 0.15) is 25.3 Å². The van der Waals surface area contributed by atoms with Crippen LogP contribution in [0.25, 0.3) is 11.1 Å². The Balaban J connectivity index is 1.91. The first-order chi connectivity index (χ1) is 11.6. The molecule has 2 heterocycles. The Kier molecular flexibility index (Phi) is 5.07. The highest BCUT2D eigenvalue weighted by Crippen LogP contribution is 2.35. The fourth-order valence-corrected chi connectivity index (χ4v) is 2.88. The molecule has 1 fully saturated rings. The predicted octanol–water partition coefficient (Wildman–Crippen LogP) is 3.14. The fourth-order valence-electron chi connectivity index (χ4n) is 2.88. The van der Waals surface area contributed by atoms with Crippen LogP contribution in [0, 0.1) is 0 Å². The van der Waals surface area contributed by atoms with Gasteiger partial charge in [-0.1, -0.05) is 6.07 Å². The summed E-state index contributed by atoms with van der Waals surface area (Å²) in [6.45, 7) is 4.50. The summed E-state index contributed by atoms with van der Waals surface area (Å²) in [5, 5.41) is 9.55. The van der Waals surface area contributed by atoms with Crippen LogP contribution in [0.5, 0.6) is 11.5 Å². The molecule has 0 aliphatic carbocycles. The molecule has 1 aliphatic heterocycles. The van der Waals surface area contributed by atoms with Gasteiger partial charge >= 0.3 is 7.12 Å². The SMILES string of the molecule is COc1ccc(-c2cncc([C@@H]3COB(O)C3)c2)cc1OC(C)C. The fraction of sp³-hybridized carbons (Fsp3) is 0.389. The first kappa shape index (κ1) is 16.8. The lowest BCUT2D eigenvalue weighted by Crippen LogP contribution is -2.07. The highest BCUT2D eigenvalue weighted by Gasteiger charge is 2.30. The molecule has 126 valence electrons. The molecule has 1 N–H and O–H groups in total. The minimum Gasteiger partial charge on any atom is -0.493 e. The average molecular weight is 327 g/mol. The van der Waals surface area contributed by atoms with Gasteiger partial charge < -0.3 is 19.2 Å². The van der Waals surface area contributed by atoms with Gasteiger partial charge in [0.05, 0.1) is 13.2 Å². The van der Waals surface area contributed by atoms with Gasteiger partial charge in [0, 0.05) is 30.5 Å². The van der Waals surface area contributed by atoms with E-state index in [2.05, 4.69) is 11.1 Å². The first-order valence-corrected chi connectivity index (χ1v) is 8.16. The standard InChI is InChI=1S/C18H22BNO4/c1-12(2)24-18-7-13(4-5-17(18)22-3)14-6-15(10-20-9-14)16-8-19(21)23-11-16/h4-7,9-10,12,16,21H,8,11H2,1-3H3/t16-/m0/s1. The number of nitrogens with zero attached hydrogens (tertiary/aromatic N) is 1. The second-order valence-electron chi connectivity index (χ2n) is 6.26. The van der Waals surface area contributed by atoms with Crippen molar-refractivity contribution in [1.29, 1.82) is 0 Å². The summed E-state index contributed by atoms with van der Waals surface area (Å²) in [6.07, 6.45) is 4.34. The van der Waals surface area contributed by atoms with Gasteiger partial charge in [0.15, 0.2) is 11.5 Å². The van der Waals surface area contributed by atoms with Gasteiger partial charge in [-0.05, 0) is 49.5 Å². The molecule has 0 radical (unpaired) electrons. The Hall–Kier alpha value is -2.05. The van der Waals surface area contributed by atoms with Crippen LogP contribution in [0.15, 0.2) is 36.7 Å². The summed E-state index contributed by atoms with van der Waals surface area (Å²) in [5.74, 6) is 1.61. The topological polar surface area (TPSA) is 60.8 Å². The smallest absolute Gasteiger partial charge is 0.454 e. The van der Waals surface area contributed by atoms with Crippen LogP contribution < -0.4 is 9.47 Å². The Morgan fingerprint density at radius 1 is 1.21 bits per heavy atom. The van der Waals surface area contributed by atoms with Gasteiger partial charge in [-0.15, -0.1) is 0 Å². The third-order valence-electron chi connectivity index (χ3n) is 4.07. The lowest BCUT2D eigenvalue weighted by Gasteiger charge is -2.15. The van der Waals surface area contributed by atoms with Crippen molar-refractivity contribution in [1.82, 2.24) is 4.98 Å². The number of ether oxygens (including phenoxy) is 2. The summed E-state index contributed by atoms with van der Waals surface area (Å²) < 4.78 is 16.5. The van der Waals surface area contributed by atoms with Gasteiger partial charge in [0.2, 0.25) is 0 Å². The molecule has 0 bridgehead atoms. The van der Waals surface area contributed by atoms with Gasteiger partial charge in [-0.2, -0.15) is 0 Å². The molecule has 0 unspecified atom stereocenters. The zero-order valence-electron chi connectivity index (χ0n) is 14.2. The normalized spacial score (nSPS) is 17.4. The largest absolute Gasteiger partial charge is 0.493 e. The van der Waals surface area contributed by atoms with E-state index in [1.54, 1.807) is 7.11 Å². The average Bonchev–Trinajstić information content (AvgIpc) is 3.01. The number of methoxy groups -OCH3 is 1. The molecule has 1 saturated heterocycles. The van der Waals surface area contributed by atoms with Crippen LogP contribution in [0.4, 0.5) is 0 Å². The number of aromatic nitrogens is 1. The monoisotopic (exact) mass is 327 g/mol. The molecule has 1 aromatic heterocycles. The molecule has 0 saturated carbocycles. The van der Waals surface area contributed by atoms with Crippen molar-refractivity contribution in [2.24, 2.45) is 0 Å². The van der Waals surface area contributed by atoms with Crippen molar-refractivity contribution in [2.75, 3.05) is 13.7 Å². The lowest BCUT2D eigenvalue weighted by molar-refractivity contribution is 0.230. The Labute approximate surface area is 142 Å². The van der Waals surface area contributed by atoms with Crippen molar-refractivity contribution in [2.45, 2.75) is 32.2 Å². The third kappa shape index (κ3) is 3.71. The second-order valence-corrected chi connectivity index (χ2v) is 6.26. The summed E-state index contributed by atoms with van der Waals surface area (Å²) >= 11 is 0. The molecule has 2 aromatic rings. The lowest BCUT2D eigenvalue weighted by atomic mass is 9.80. The zero-order valence-corrected chi connectivity index (χ0v) is 14.2. The highest BCUT2D eigenvalue weighted by atomic mass is 16.5. The van der Waals surface area contributed by atoms with Crippen molar-refractivity contribution in [3.8, 4) is 22.6 Å². The van der Waals surface area contributed by atoms with Crippen LogP contribution in [-0.2, 0) is 4.65 Å². The maximum absolute atomic E-state index is 9.55. The van der Waals surface area contributed by atoms with Gasteiger partial charge in [-0.3, -0.25) is 4.98 Å². The molecule has 1 atom stereocenters. The molecule has 1 aromatic carbocycles. The summed E-state index contributed by atoms with van der Waals surface area (Å²) in [7, 11) is 0.959. The second kappa shape index (κ2) is 7.24. The van der Waals surface area contributed by atoms with Crippen molar-refractivity contribution in [3.05, 3.63) is 42.2 Å². The van der Waals surface area contributed by atoms with Gasteiger partial charge in [0.25, 0.3) is 0 Å². The van der Waals surface area contributed by atoms with E-state index < -0.39 is 7.12 Å². The van der Waals surface area contributed by atoms with E-state index in [4.69, 9.17) is 14.1 Å². The van der Waals surface area contributed by atoms with E-state index in [0.717, 1.165) is 22.4 Å². The molecule has 0 amide bonds. The molecule has 24 heavy (non-hydrogen) atoms. The third-order valence-corrected chi connectivity index (χ3v) is 4.07. The summed E-state index contributed by atoms with van der Waals surface area (Å²) in [4.78, 5) is 4.35. The molecule has 6 heteroatoms. The molecular formula is C18H22BNO4. The van der Waals surface area contributed by atoms with E-state index in [9.17, 15) is 5.02 Å². The van der Waals surface area contributed by atoms with E-state index in [1.165, 1.54) is 0 Å². The van der Waals surface area contributed by atoms with E-state index in [-0.39, 0.29) is 12.0 Å². The van der Waals surface area contributed by atoms with E-state index in [1.807, 2.05) is 44.4 Å². The first-order valence-electron chi connectivity index (χ1n) is 8.16. The van der Waals surface area contributed by atoms with Gasteiger partial charge in [-0.25, -0.2) is 0 Å². The van der Waals surface area contributed by atoms with E-state index in [0.29, 0.717) is 18.7 Å². The van der Waals surface area contributed by atoms with Crippen molar-refractivity contribution in [3.63, 3.8) is 0 Å². The Bertz CT molecular complexity index is 707. The highest BCUT2D eigenvalue weighted by molar-refractivity contribution is 6.43. The minimum absolute atomic E-state index is 0.0655. The molecule has 0 spiro atoms. The van der Waals surface area contributed by atoms with Crippen molar-refractivity contribution >= 4 is 7.12 Å². The summed E-state index contributed by atoms with van der Waals surface area (Å²) in [6, 6.07) is 7.97. The number of hydrogen-bond acceptors (Lipinski definition) is 5. The molecule has 1 aliphatic rings. The zero-order chi connectivity index (χ0) is 17.1. The molecular weight excluding hydrogens is 305 g/mol. The number of pyridine rings is 1. The van der Waals surface area contributed by atoms with Crippen LogP contribution >= 0.6 is 0 Å². The number of benzene rings is 1. The minimum atomic E-state index is -0.675. The van der Waals surface area contributed by atoms with E-state index >= 15 is 0 Å². The van der Waals surface area contributed by atoms with Crippen molar-refractivity contribution < 1.29 is 19.2 Å². The number of rotatable bonds is 5. The quantitative estimate of drug-likeness (QED) is 0.855.